The summed E-state index contributed by atoms with van der Waals surface area (Å²) in [6, 6.07) is 9.67. The lowest BCUT2D eigenvalue weighted by Crippen LogP contribution is -2.29. The van der Waals surface area contributed by atoms with Crippen LogP contribution in [0.3, 0.4) is 0 Å². The van der Waals surface area contributed by atoms with Crippen molar-refractivity contribution in [2.45, 2.75) is 45.6 Å². The number of carboxylic acid groups (broad SMARTS) is 1. The van der Waals surface area contributed by atoms with Crippen molar-refractivity contribution in [1.82, 2.24) is 5.32 Å². The molecule has 0 fully saturated rings. The molecular formula is C16H23NO3. The normalized spacial score (nSPS) is 13.5. The molecule has 1 amide bonds. The average Bonchev–Trinajstić information content (AvgIpc) is 2.39. The van der Waals surface area contributed by atoms with E-state index < -0.39 is 5.97 Å². The van der Waals surface area contributed by atoms with Gasteiger partial charge in [-0.25, -0.2) is 0 Å². The largest absolute Gasteiger partial charge is 0.481 e. The van der Waals surface area contributed by atoms with Gasteiger partial charge >= 0.3 is 5.97 Å². The van der Waals surface area contributed by atoms with Gasteiger partial charge in [0.05, 0.1) is 6.04 Å². The first-order valence-electron chi connectivity index (χ1n) is 7.09. The smallest absolute Gasteiger partial charge is 0.303 e. The van der Waals surface area contributed by atoms with Gasteiger partial charge in [0, 0.05) is 12.8 Å². The molecule has 2 atom stereocenters. The van der Waals surface area contributed by atoms with Gasteiger partial charge in [-0.05, 0) is 24.8 Å². The van der Waals surface area contributed by atoms with Crippen LogP contribution in [0.25, 0.3) is 0 Å². The number of benzene rings is 1. The zero-order chi connectivity index (χ0) is 15.0. The molecule has 20 heavy (non-hydrogen) atoms. The van der Waals surface area contributed by atoms with Gasteiger partial charge in [-0.2, -0.15) is 0 Å². The first-order chi connectivity index (χ1) is 9.52. The van der Waals surface area contributed by atoms with Crippen LogP contribution >= 0.6 is 0 Å². The average molecular weight is 277 g/mol. The zero-order valence-corrected chi connectivity index (χ0v) is 12.1. The first-order valence-corrected chi connectivity index (χ1v) is 7.09. The SMILES string of the molecule is CCC[C@@H](CC(=O)O)CC(=O)N[C@H](C)c1ccccc1. The fourth-order valence-corrected chi connectivity index (χ4v) is 2.32. The maximum atomic E-state index is 12.0. The summed E-state index contributed by atoms with van der Waals surface area (Å²) in [6.07, 6.45) is 1.98. The second kappa shape index (κ2) is 8.35. The summed E-state index contributed by atoms with van der Waals surface area (Å²) in [5.74, 6) is -1.01. The van der Waals surface area contributed by atoms with E-state index in [9.17, 15) is 9.59 Å². The van der Waals surface area contributed by atoms with Crippen LogP contribution < -0.4 is 5.32 Å². The van der Waals surface area contributed by atoms with E-state index in [-0.39, 0.29) is 30.7 Å². The van der Waals surface area contributed by atoms with Crippen molar-refractivity contribution >= 4 is 11.9 Å². The number of aliphatic carboxylic acids is 1. The van der Waals surface area contributed by atoms with Crippen molar-refractivity contribution in [3.63, 3.8) is 0 Å². The third-order valence-electron chi connectivity index (χ3n) is 3.31. The summed E-state index contributed by atoms with van der Waals surface area (Å²) in [4.78, 5) is 22.8. The molecule has 4 heteroatoms. The molecule has 2 N–H and O–H groups in total. The fourth-order valence-electron chi connectivity index (χ4n) is 2.32. The van der Waals surface area contributed by atoms with Crippen LogP contribution in [0.4, 0.5) is 0 Å². The van der Waals surface area contributed by atoms with E-state index in [1.807, 2.05) is 44.2 Å². The standard InChI is InChI=1S/C16H23NO3/c1-3-7-13(11-16(19)20)10-15(18)17-12(2)14-8-5-4-6-9-14/h4-6,8-9,12-13H,3,7,10-11H2,1-2H3,(H,17,18)(H,19,20)/t12-,13-/m1/s1. The molecule has 110 valence electrons. The van der Waals surface area contributed by atoms with Gasteiger partial charge in [0.1, 0.15) is 0 Å². The van der Waals surface area contributed by atoms with E-state index in [2.05, 4.69) is 5.32 Å². The van der Waals surface area contributed by atoms with Gasteiger partial charge in [0.15, 0.2) is 0 Å². The van der Waals surface area contributed by atoms with Crippen LogP contribution in [0.2, 0.25) is 0 Å². The molecule has 0 aliphatic heterocycles. The number of carbonyl (C=O) groups excluding carboxylic acids is 1. The Labute approximate surface area is 120 Å². The molecule has 0 aliphatic rings. The number of nitrogens with one attached hydrogen (secondary N) is 1. The molecule has 1 aromatic carbocycles. The maximum Gasteiger partial charge on any atom is 0.303 e. The molecule has 0 aliphatic carbocycles. The molecule has 0 unspecified atom stereocenters. The van der Waals surface area contributed by atoms with Crippen LogP contribution in [-0.4, -0.2) is 17.0 Å². The number of hydrogen-bond donors (Lipinski definition) is 2. The third kappa shape index (κ3) is 5.87. The molecule has 0 saturated heterocycles. The highest BCUT2D eigenvalue weighted by atomic mass is 16.4. The van der Waals surface area contributed by atoms with E-state index >= 15 is 0 Å². The Balaban J connectivity index is 2.50. The minimum Gasteiger partial charge on any atom is -0.481 e. The summed E-state index contributed by atoms with van der Waals surface area (Å²) < 4.78 is 0. The molecule has 0 radical (unpaired) electrons. The first kappa shape index (κ1) is 16.2. The lowest BCUT2D eigenvalue weighted by atomic mass is 9.95. The van der Waals surface area contributed by atoms with Crippen LogP contribution in [0.5, 0.6) is 0 Å². The van der Waals surface area contributed by atoms with E-state index in [1.165, 1.54) is 0 Å². The summed E-state index contributed by atoms with van der Waals surface area (Å²) in [7, 11) is 0. The van der Waals surface area contributed by atoms with Gasteiger partial charge in [0.25, 0.3) is 0 Å². The Hall–Kier alpha value is -1.84. The van der Waals surface area contributed by atoms with Crippen LogP contribution in [0, 0.1) is 5.92 Å². The Kier molecular flexibility index (Phi) is 6.77. The molecule has 1 aromatic rings. The van der Waals surface area contributed by atoms with Crippen molar-refractivity contribution in [2.75, 3.05) is 0 Å². The van der Waals surface area contributed by atoms with Gasteiger partial charge in [-0.3, -0.25) is 9.59 Å². The maximum absolute atomic E-state index is 12.0. The Morgan fingerprint density at radius 2 is 1.85 bits per heavy atom. The minimum absolute atomic E-state index is 0.0565. The number of hydrogen-bond acceptors (Lipinski definition) is 2. The zero-order valence-electron chi connectivity index (χ0n) is 12.1. The van der Waals surface area contributed by atoms with Gasteiger partial charge < -0.3 is 10.4 Å². The quantitative estimate of drug-likeness (QED) is 0.767. The number of carboxylic acids is 1. The van der Waals surface area contributed by atoms with Crippen molar-refractivity contribution in [3.05, 3.63) is 35.9 Å². The van der Waals surface area contributed by atoms with Gasteiger partial charge in [-0.15, -0.1) is 0 Å². The highest BCUT2D eigenvalue weighted by Crippen LogP contribution is 2.17. The van der Waals surface area contributed by atoms with Crippen LogP contribution in [0.1, 0.15) is 51.1 Å². The van der Waals surface area contributed by atoms with Crippen molar-refractivity contribution < 1.29 is 14.7 Å². The van der Waals surface area contributed by atoms with Gasteiger partial charge in [-0.1, -0.05) is 43.7 Å². The second-order valence-electron chi connectivity index (χ2n) is 5.16. The highest BCUT2D eigenvalue weighted by Gasteiger charge is 2.18. The van der Waals surface area contributed by atoms with E-state index in [0.717, 1.165) is 18.4 Å². The lowest BCUT2D eigenvalue weighted by Gasteiger charge is -2.17. The minimum atomic E-state index is -0.840. The highest BCUT2D eigenvalue weighted by molar-refractivity contribution is 5.77. The molecule has 0 heterocycles. The monoisotopic (exact) mass is 277 g/mol. The number of carbonyl (C=O) groups is 2. The summed E-state index contributed by atoms with van der Waals surface area (Å²) in [6.45, 7) is 3.93. The van der Waals surface area contributed by atoms with Crippen molar-refractivity contribution in [1.29, 1.82) is 0 Å². The van der Waals surface area contributed by atoms with E-state index in [0.29, 0.717) is 0 Å². The molecule has 0 spiro atoms. The summed E-state index contributed by atoms with van der Waals surface area (Å²) in [5.41, 5.74) is 1.05. The number of amides is 1. The fraction of sp³-hybridized carbons (Fsp3) is 0.500. The summed E-state index contributed by atoms with van der Waals surface area (Å²) in [5, 5.41) is 11.8. The lowest BCUT2D eigenvalue weighted by molar-refractivity contribution is -0.138. The third-order valence-corrected chi connectivity index (χ3v) is 3.31. The molecule has 0 saturated carbocycles. The van der Waals surface area contributed by atoms with E-state index in [1.54, 1.807) is 0 Å². The number of rotatable bonds is 8. The molecule has 0 aromatic heterocycles. The topological polar surface area (TPSA) is 66.4 Å². The van der Waals surface area contributed by atoms with Crippen molar-refractivity contribution in [3.8, 4) is 0 Å². The summed E-state index contributed by atoms with van der Waals surface area (Å²) >= 11 is 0. The second-order valence-corrected chi connectivity index (χ2v) is 5.16. The molecule has 4 nitrogen and oxygen atoms in total. The van der Waals surface area contributed by atoms with Crippen LogP contribution in [-0.2, 0) is 9.59 Å². The Bertz CT molecular complexity index is 431. The Morgan fingerprint density at radius 1 is 1.20 bits per heavy atom. The van der Waals surface area contributed by atoms with E-state index in [4.69, 9.17) is 5.11 Å². The Morgan fingerprint density at radius 3 is 2.40 bits per heavy atom. The van der Waals surface area contributed by atoms with Crippen LogP contribution in [0.15, 0.2) is 30.3 Å². The predicted molar refractivity (Wildman–Crippen MR) is 78.3 cm³/mol. The van der Waals surface area contributed by atoms with Crippen molar-refractivity contribution in [2.24, 2.45) is 5.92 Å². The predicted octanol–water partition coefficient (Wildman–Crippen LogP) is 3.14. The molecule has 1 rings (SSSR count). The molecular weight excluding hydrogens is 254 g/mol. The molecule has 0 bridgehead atoms. The van der Waals surface area contributed by atoms with Gasteiger partial charge in [0.2, 0.25) is 5.91 Å².